The van der Waals surface area contributed by atoms with Crippen molar-refractivity contribution in [1.82, 2.24) is 15.5 Å². The molecule has 7 heteroatoms. The number of nitrogens with zero attached hydrogens (tertiary/aromatic N) is 1. The van der Waals surface area contributed by atoms with Crippen molar-refractivity contribution in [2.75, 3.05) is 20.6 Å². The molecule has 1 aromatic carbocycles. The third kappa shape index (κ3) is 5.49. The van der Waals surface area contributed by atoms with E-state index in [0.29, 0.717) is 18.5 Å². The van der Waals surface area contributed by atoms with E-state index in [-0.39, 0.29) is 42.8 Å². The summed E-state index contributed by atoms with van der Waals surface area (Å²) >= 11 is 6.34. The van der Waals surface area contributed by atoms with Gasteiger partial charge in [-0.3, -0.25) is 4.79 Å². The zero-order chi connectivity index (χ0) is 17.1. The zero-order valence-electron chi connectivity index (χ0n) is 15.4. The van der Waals surface area contributed by atoms with Gasteiger partial charge in [-0.05, 0) is 50.9 Å². The summed E-state index contributed by atoms with van der Waals surface area (Å²) in [6, 6.07) is 8.44. The maximum Gasteiger partial charge on any atom is 0.237 e. The Morgan fingerprint density at radius 2 is 1.96 bits per heavy atom. The topological polar surface area (TPSA) is 44.4 Å². The Kier molecular flexibility index (Phi) is 9.70. The van der Waals surface area contributed by atoms with Crippen molar-refractivity contribution in [3.05, 3.63) is 34.9 Å². The highest BCUT2D eigenvalue weighted by molar-refractivity contribution is 6.31. The Bertz CT molecular complexity index is 571. The maximum absolute atomic E-state index is 12.6. The second-order valence-corrected chi connectivity index (χ2v) is 7.76. The van der Waals surface area contributed by atoms with Crippen molar-refractivity contribution < 1.29 is 4.79 Å². The van der Waals surface area contributed by atoms with Gasteiger partial charge in [0.1, 0.15) is 0 Å². The van der Waals surface area contributed by atoms with Crippen LogP contribution in [0.4, 0.5) is 0 Å². The van der Waals surface area contributed by atoms with Crippen LogP contribution in [0.15, 0.2) is 24.3 Å². The highest BCUT2D eigenvalue weighted by Crippen LogP contribution is 2.33. The number of hydrogen-bond acceptors (Lipinski definition) is 3. The summed E-state index contributed by atoms with van der Waals surface area (Å²) < 4.78 is 0. The van der Waals surface area contributed by atoms with E-state index in [9.17, 15) is 4.79 Å². The van der Waals surface area contributed by atoms with E-state index in [4.69, 9.17) is 11.6 Å². The number of benzene rings is 1. The first-order chi connectivity index (χ1) is 11.6. The van der Waals surface area contributed by atoms with Crippen LogP contribution >= 0.6 is 36.4 Å². The SMILES string of the molecule is CN(C)C(CNC(=O)C1CC2CCCCC2N1)c1ccccc1Cl.Cl.Cl. The Labute approximate surface area is 174 Å². The molecule has 0 radical (unpaired) electrons. The first-order valence-corrected chi connectivity index (χ1v) is 9.38. The van der Waals surface area contributed by atoms with Gasteiger partial charge < -0.3 is 15.5 Å². The summed E-state index contributed by atoms with van der Waals surface area (Å²) in [4.78, 5) is 14.7. The fourth-order valence-electron chi connectivity index (χ4n) is 4.16. The summed E-state index contributed by atoms with van der Waals surface area (Å²) in [5.41, 5.74) is 1.05. The Balaban J connectivity index is 0.00000169. The molecule has 26 heavy (non-hydrogen) atoms. The molecule has 1 aliphatic carbocycles. The van der Waals surface area contributed by atoms with E-state index in [1.54, 1.807) is 0 Å². The van der Waals surface area contributed by atoms with Gasteiger partial charge in [0.05, 0.1) is 12.1 Å². The van der Waals surface area contributed by atoms with Crippen LogP contribution in [0.1, 0.15) is 43.7 Å². The van der Waals surface area contributed by atoms with Crippen molar-refractivity contribution >= 4 is 42.3 Å². The van der Waals surface area contributed by atoms with Crippen molar-refractivity contribution in [2.24, 2.45) is 5.92 Å². The molecule has 3 rings (SSSR count). The molecule has 2 N–H and O–H groups in total. The molecule has 1 heterocycles. The van der Waals surface area contributed by atoms with Crippen LogP contribution in [0.5, 0.6) is 0 Å². The minimum atomic E-state index is -0.0350. The van der Waals surface area contributed by atoms with Crippen LogP contribution < -0.4 is 10.6 Å². The van der Waals surface area contributed by atoms with Gasteiger partial charge in [0, 0.05) is 17.6 Å². The van der Waals surface area contributed by atoms with Gasteiger partial charge in [0.2, 0.25) is 5.91 Å². The molecule has 2 aliphatic rings. The Morgan fingerprint density at radius 3 is 2.62 bits per heavy atom. The molecule has 1 saturated heterocycles. The fraction of sp³-hybridized carbons (Fsp3) is 0.632. The summed E-state index contributed by atoms with van der Waals surface area (Å²) in [7, 11) is 4.03. The second kappa shape index (κ2) is 10.7. The quantitative estimate of drug-likeness (QED) is 0.758. The van der Waals surface area contributed by atoms with Gasteiger partial charge in [0.15, 0.2) is 0 Å². The number of rotatable bonds is 5. The number of nitrogens with one attached hydrogen (secondary N) is 2. The number of carbonyl (C=O) groups excluding carboxylic acids is 1. The molecule has 2 fully saturated rings. The third-order valence-corrected chi connectivity index (χ3v) is 5.88. The van der Waals surface area contributed by atoms with Crippen molar-refractivity contribution in [2.45, 2.75) is 50.2 Å². The summed E-state index contributed by atoms with van der Waals surface area (Å²) in [5, 5.41) is 7.43. The van der Waals surface area contributed by atoms with Crippen LogP contribution in [-0.2, 0) is 4.79 Å². The highest BCUT2D eigenvalue weighted by atomic mass is 35.5. The normalized spacial score (nSPS) is 25.6. The van der Waals surface area contributed by atoms with E-state index < -0.39 is 0 Å². The number of likely N-dealkylation sites (N-methyl/N-ethyl adjacent to an activating group) is 1. The number of carbonyl (C=O) groups is 1. The molecule has 1 amide bonds. The molecule has 4 nitrogen and oxygen atoms in total. The minimum absolute atomic E-state index is 0. The third-order valence-electron chi connectivity index (χ3n) is 5.54. The van der Waals surface area contributed by atoms with Gasteiger partial charge in [-0.25, -0.2) is 0 Å². The number of hydrogen-bond donors (Lipinski definition) is 2. The second-order valence-electron chi connectivity index (χ2n) is 7.35. The molecule has 0 aromatic heterocycles. The maximum atomic E-state index is 12.6. The average Bonchev–Trinajstić information content (AvgIpc) is 3.00. The lowest BCUT2D eigenvalue weighted by Gasteiger charge is -2.26. The van der Waals surface area contributed by atoms with Crippen molar-refractivity contribution in [3.63, 3.8) is 0 Å². The van der Waals surface area contributed by atoms with E-state index in [1.807, 2.05) is 38.4 Å². The Hall–Kier alpha value is -0.520. The lowest BCUT2D eigenvalue weighted by Crippen LogP contribution is -2.45. The van der Waals surface area contributed by atoms with Crippen molar-refractivity contribution in [1.29, 1.82) is 0 Å². The van der Waals surface area contributed by atoms with E-state index in [0.717, 1.165) is 17.0 Å². The van der Waals surface area contributed by atoms with E-state index in [2.05, 4.69) is 15.5 Å². The highest BCUT2D eigenvalue weighted by Gasteiger charge is 2.38. The summed E-state index contributed by atoms with van der Waals surface area (Å²) in [5.74, 6) is 0.811. The molecule has 4 unspecified atom stereocenters. The molecule has 4 atom stereocenters. The molecule has 1 aliphatic heterocycles. The zero-order valence-corrected chi connectivity index (χ0v) is 17.8. The number of fused-ring (bicyclic) bond motifs is 1. The lowest BCUT2D eigenvalue weighted by atomic mass is 9.85. The van der Waals surface area contributed by atoms with Crippen LogP contribution in [-0.4, -0.2) is 43.5 Å². The summed E-state index contributed by atoms with van der Waals surface area (Å²) in [6.45, 7) is 0.572. The van der Waals surface area contributed by atoms with Gasteiger partial charge in [0.25, 0.3) is 0 Å². The van der Waals surface area contributed by atoms with E-state index >= 15 is 0 Å². The smallest absolute Gasteiger partial charge is 0.237 e. The fourth-order valence-corrected chi connectivity index (χ4v) is 4.42. The molecule has 1 saturated carbocycles. The molecule has 0 spiro atoms. The summed E-state index contributed by atoms with van der Waals surface area (Å²) in [6.07, 6.45) is 6.06. The number of amides is 1. The van der Waals surface area contributed by atoms with Crippen LogP contribution in [0.25, 0.3) is 0 Å². The predicted octanol–water partition coefficient (Wildman–Crippen LogP) is 3.82. The van der Waals surface area contributed by atoms with Crippen molar-refractivity contribution in [3.8, 4) is 0 Å². The van der Waals surface area contributed by atoms with Crippen LogP contribution in [0.2, 0.25) is 5.02 Å². The van der Waals surface area contributed by atoms with Crippen LogP contribution in [0, 0.1) is 5.92 Å². The Morgan fingerprint density at radius 1 is 1.27 bits per heavy atom. The van der Waals surface area contributed by atoms with Gasteiger partial charge in [-0.15, -0.1) is 24.8 Å². The lowest BCUT2D eigenvalue weighted by molar-refractivity contribution is -0.123. The monoisotopic (exact) mass is 421 g/mol. The first kappa shape index (κ1) is 23.5. The first-order valence-electron chi connectivity index (χ1n) is 9.01. The standard InChI is InChI=1S/C19H28ClN3O.2ClH/c1-23(2)18(14-8-4-5-9-15(14)20)12-21-19(24)17-11-13-7-3-6-10-16(13)22-17;;/h4-5,8-9,13,16-18,22H,3,6-7,10-12H2,1-2H3,(H,21,24);2*1H. The minimum Gasteiger partial charge on any atom is -0.353 e. The molecular weight excluding hydrogens is 393 g/mol. The van der Waals surface area contributed by atoms with Crippen LogP contribution in [0.3, 0.4) is 0 Å². The number of halogens is 3. The van der Waals surface area contributed by atoms with Gasteiger partial charge in [-0.1, -0.05) is 42.6 Å². The largest absolute Gasteiger partial charge is 0.353 e. The molecule has 1 aromatic rings. The molecular formula is C19H30Cl3N3O. The predicted molar refractivity (Wildman–Crippen MR) is 113 cm³/mol. The average molecular weight is 423 g/mol. The van der Waals surface area contributed by atoms with E-state index in [1.165, 1.54) is 25.7 Å². The molecule has 0 bridgehead atoms. The van der Waals surface area contributed by atoms with Gasteiger partial charge in [-0.2, -0.15) is 0 Å². The molecule has 148 valence electrons. The van der Waals surface area contributed by atoms with Gasteiger partial charge >= 0.3 is 0 Å².